The summed E-state index contributed by atoms with van der Waals surface area (Å²) in [5.74, 6) is 0.503. The number of hydrogen-bond donors (Lipinski definition) is 2. The van der Waals surface area contributed by atoms with Gasteiger partial charge in [-0.15, -0.1) is 11.3 Å². The average Bonchev–Trinajstić information content (AvgIpc) is 2.76. The minimum Gasteiger partial charge on any atom is -0.393 e. The van der Waals surface area contributed by atoms with Crippen LogP contribution >= 0.6 is 11.3 Å². The number of rotatable bonds is 6. The van der Waals surface area contributed by atoms with E-state index in [1.165, 1.54) is 10.4 Å². The van der Waals surface area contributed by atoms with E-state index in [1.54, 1.807) is 11.3 Å². The Morgan fingerprint density at radius 3 is 2.79 bits per heavy atom. The number of amides is 1. The zero-order valence-electron chi connectivity index (χ0n) is 11.7. The van der Waals surface area contributed by atoms with Crippen LogP contribution in [-0.2, 0) is 12.8 Å². The summed E-state index contributed by atoms with van der Waals surface area (Å²) in [5.41, 5.74) is 1.32. The molecule has 0 bridgehead atoms. The molecule has 2 rings (SSSR count). The van der Waals surface area contributed by atoms with E-state index in [4.69, 9.17) is 0 Å². The van der Waals surface area contributed by atoms with Crippen molar-refractivity contribution < 1.29 is 9.90 Å². The molecule has 1 aromatic heterocycles. The number of aliphatic hydroxyl groups excluding tert-OH is 1. The Balaban J connectivity index is 1.91. The van der Waals surface area contributed by atoms with Crippen LogP contribution < -0.4 is 5.32 Å². The molecule has 0 saturated heterocycles. The predicted molar refractivity (Wildman–Crippen MR) is 78.8 cm³/mol. The molecule has 106 valence electrons. The van der Waals surface area contributed by atoms with Crippen LogP contribution in [0.1, 0.15) is 53.2 Å². The molecular formula is C15H23NO2S. The fraction of sp³-hybridized carbons (Fsp3) is 0.667. The molecule has 0 atom stereocenters. The smallest absolute Gasteiger partial charge is 0.261 e. The monoisotopic (exact) mass is 281 g/mol. The molecule has 0 radical (unpaired) electrons. The van der Waals surface area contributed by atoms with Gasteiger partial charge in [-0.3, -0.25) is 4.79 Å². The summed E-state index contributed by atoms with van der Waals surface area (Å²) < 4.78 is 0. The van der Waals surface area contributed by atoms with E-state index in [1.807, 2.05) is 6.07 Å². The minimum absolute atomic E-state index is 0.0449. The van der Waals surface area contributed by atoms with Crippen molar-refractivity contribution >= 4 is 17.2 Å². The highest BCUT2D eigenvalue weighted by Crippen LogP contribution is 2.27. The summed E-state index contributed by atoms with van der Waals surface area (Å²) in [6, 6.07) is 2.04. The summed E-state index contributed by atoms with van der Waals surface area (Å²) in [7, 11) is 0. The van der Waals surface area contributed by atoms with Crippen LogP contribution in [0, 0.1) is 5.92 Å². The number of aryl methyl sites for hydroxylation is 2. The molecule has 1 saturated carbocycles. The number of nitrogens with one attached hydrogen (secondary N) is 1. The first-order chi connectivity index (χ1) is 9.13. The molecule has 1 aromatic rings. The lowest BCUT2D eigenvalue weighted by Gasteiger charge is -2.31. The minimum atomic E-state index is -0.147. The first-order valence-corrected chi connectivity index (χ1v) is 8.03. The molecule has 19 heavy (non-hydrogen) atoms. The number of aliphatic hydroxyl groups is 1. The van der Waals surface area contributed by atoms with Crippen LogP contribution in [0.3, 0.4) is 0 Å². The lowest BCUT2D eigenvalue weighted by Crippen LogP contribution is -2.38. The Labute approximate surface area is 119 Å². The number of hydrogen-bond acceptors (Lipinski definition) is 3. The lowest BCUT2D eigenvalue weighted by atomic mass is 9.82. The Hall–Kier alpha value is -0.870. The second-order valence-corrected chi connectivity index (χ2v) is 6.50. The molecule has 1 heterocycles. The third-order valence-electron chi connectivity index (χ3n) is 3.74. The molecule has 0 unspecified atom stereocenters. The maximum Gasteiger partial charge on any atom is 0.261 e. The lowest BCUT2D eigenvalue weighted by molar-refractivity contribution is 0.0420. The SMILES string of the molecule is CCCc1sc(C(=O)NCC2CC(O)C2)cc1CC. The van der Waals surface area contributed by atoms with Crippen molar-refractivity contribution in [1.82, 2.24) is 5.32 Å². The standard InChI is InChI=1S/C15H23NO2S/c1-3-5-13-11(4-2)8-14(19-13)15(18)16-9-10-6-12(17)7-10/h8,10,12,17H,3-7,9H2,1-2H3,(H,16,18). The Morgan fingerprint density at radius 1 is 1.47 bits per heavy atom. The molecule has 0 spiro atoms. The van der Waals surface area contributed by atoms with E-state index >= 15 is 0 Å². The molecule has 3 nitrogen and oxygen atoms in total. The molecule has 1 amide bonds. The van der Waals surface area contributed by atoms with Gasteiger partial charge < -0.3 is 10.4 Å². The summed E-state index contributed by atoms with van der Waals surface area (Å²) in [6.07, 6.45) is 4.68. The highest BCUT2D eigenvalue weighted by molar-refractivity contribution is 7.14. The van der Waals surface area contributed by atoms with Crippen molar-refractivity contribution in [1.29, 1.82) is 0 Å². The van der Waals surface area contributed by atoms with Crippen molar-refractivity contribution in [2.24, 2.45) is 5.92 Å². The van der Waals surface area contributed by atoms with Crippen LogP contribution in [0.2, 0.25) is 0 Å². The largest absolute Gasteiger partial charge is 0.393 e. The molecule has 0 aliphatic heterocycles. The predicted octanol–water partition coefficient (Wildman–Crippen LogP) is 2.76. The second-order valence-electron chi connectivity index (χ2n) is 5.36. The maximum atomic E-state index is 12.1. The summed E-state index contributed by atoms with van der Waals surface area (Å²) in [4.78, 5) is 14.3. The van der Waals surface area contributed by atoms with E-state index in [0.717, 1.165) is 37.0 Å². The zero-order chi connectivity index (χ0) is 13.8. The van der Waals surface area contributed by atoms with Crippen LogP contribution in [-0.4, -0.2) is 23.7 Å². The van der Waals surface area contributed by atoms with Gasteiger partial charge in [-0.1, -0.05) is 20.3 Å². The average molecular weight is 281 g/mol. The van der Waals surface area contributed by atoms with Crippen molar-refractivity contribution in [3.63, 3.8) is 0 Å². The Kier molecular flexibility index (Phi) is 4.99. The van der Waals surface area contributed by atoms with Crippen molar-refractivity contribution in [3.8, 4) is 0 Å². The van der Waals surface area contributed by atoms with Crippen molar-refractivity contribution in [2.75, 3.05) is 6.54 Å². The first kappa shape index (κ1) is 14.5. The highest BCUT2D eigenvalue weighted by Gasteiger charge is 2.27. The molecule has 0 aromatic carbocycles. The molecule has 2 N–H and O–H groups in total. The summed E-state index contributed by atoms with van der Waals surface area (Å²) in [5, 5.41) is 12.2. The third kappa shape index (κ3) is 3.57. The van der Waals surface area contributed by atoms with Gasteiger partial charge in [0.25, 0.3) is 5.91 Å². The van der Waals surface area contributed by atoms with Gasteiger partial charge >= 0.3 is 0 Å². The Bertz CT molecular complexity index is 435. The molecular weight excluding hydrogens is 258 g/mol. The van der Waals surface area contributed by atoms with Gasteiger partial charge in [-0.25, -0.2) is 0 Å². The van der Waals surface area contributed by atoms with E-state index < -0.39 is 0 Å². The highest BCUT2D eigenvalue weighted by atomic mass is 32.1. The third-order valence-corrected chi connectivity index (χ3v) is 4.98. The van der Waals surface area contributed by atoms with Gasteiger partial charge in [0, 0.05) is 11.4 Å². The van der Waals surface area contributed by atoms with E-state index in [9.17, 15) is 9.90 Å². The van der Waals surface area contributed by atoms with Crippen molar-refractivity contribution in [2.45, 2.75) is 52.1 Å². The second kappa shape index (κ2) is 6.53. The van der Waals surface area contributed by atoms with Gasteiger partial charge in [0.1, 0.15) is 0 Å². The van der Waals surface area contributed by atoms with E-state index in [-0.39, 0.29) is 12.0 Å². The van der Waals surface area contributed by atoms with Gasteiger partial charge in [-0.2, -0.15) is 0 Å². The molecule has 1 fully saturated rings. The van der Waals surface area contributed by atoms with Crippen LogP contribution in [0.25, 0.3) is 0 Å². The van der Waals surface area contributed by atoms with Crippen LogP contribution in [0.5, 0.6) is 0 Å². The fourth-order valence-electron chi connectivity index (χ4n) is 2.51. The number of thiophene rings is 1. The Morgan fingerprint density at radius 2 is 2.21 bits per heavy atom. The van der Waals surface area contributed by atoms with Crippen LogP contribution in [0.15, 0.2) is 6.07 Å². The van der Waals surface area contributed by atoms with Gasteiger partial charge in [-0.05, 0) is 43.2 Å². The normalized spacial score (nSPS) is 22.1. The quantitative estimate of drug-likeness (QED) is 0.842. The van der Waals surface area contributed by atoms with Gasteiger partial charge in [0.05, 0.1) is 11.0 Å². The van der Waals surface area contributed by atoms with Crippen LogP contribution in [0.4, 0.5) is 0 Å². The topological polar surface area (TPSA) is 49.3 Å². The molecule has 4 heteroatoms. The number of carbonyl (C=O) groups excluding carboxylic acids is 1. The zero-order valence-corrected chi connectivity index (χ0v) is 12.6. The van der Waals surface area contributed by atoms with Gasteiger partial charge in [0.2, 0.25) is 0 Å². The van der Waals surface area contributed by atoms with Gasteiger partial charge in [0.15, 0.2) is 0 Å². The summed E-state index contributed by atoms with van der Waals surface area (Å²) >= 11 is 1.63. The van der Waals surface area contributed by atoms with Crippen molar-refractivity contribution in [3.05, 3.63) is 21.4 Å². The molecule has 1 aliphatic carbocycles. The fourth-order valence-corrected chi connectivity index (χ4v) is 3.78. The van der Waals surface area contributed by atoms with E-state index in [2.05, 4.69) is 19.2 Å². The maximum absolute atomic E-state index is 12.1. The van der Waals surface area contributed by atoms with E-state index in [0.29, 0.717) is 12.5 Å². The first-order valence-electron chi connectivity index (χ1n) is 7.21. The number of carbonyl (C=O) groups is 1. The summed E-state index contributed by atoms with van der Waals surface area (Å²) in [6.45, 7) is 5.00. The molecule has 1 aliphatic rings.